The lowest BCUT2D eigenvalue weighted by molar-refractivity contribution is -0.118. The molecule has 2 heterocycles. The van der Waals surface area contributed by atoms with E-state index >= 15 is 0 Å². The fourth-order valence-electron chi connectivity index (χ4n) is 3.42. The first-order chi connectivity index (χ1) is 15.6. The van der Waals surface area contributed by atoms with Crippen molar-refractivity contribution in [1.29, 1.82) is 0 Å². The predicted molar refractivity (Wildman–Crippen MR) is 126 cm³/mol. The summed E-state index contributed by atoms with van der Waals surface area (Å²) in [5, 5.41) is 4.04. The molecule has 0 radical (unpaired) electrons. The van der Waals surface area contributed by atoms with Gasteiger partial charge in [0.05, 0.1) is 36.1 Å². The van der Waals surface area contributed by atoms with Gasteiger partial charge in [0.2, 0.25) is 5.91 Å². The van der Waals surface area contributed by atoms with Crippen molar-refractivity contribution in [3.8, 4) is 16.9 Å². The molecule has 3 aromatic rings. The van der Waals surface area contributed by atoms with Crippen LogP contribution in [0.25, 0.3) is 11.1 Å². The van der Waals surface area contributed by atoms with Crippen LogP contribution in [0.15, 0.2) is 60.7 Å². The minimum absolute atomic E-state index is 0.158. The lowest BCUT2D eigenvalue weighted by Crippen LogP contribution is -2.35. The summed E-state index contributed by atoms with van der Waals surface area (Å²) in [7, 11) is 0. The second kappa shape index (κ2) is 10.3. The zero-order chi connectivity index (χ0) is 22.3. The Morgan fingerprint density at radius 3 is 2.47 bits per heavy atom. The van der Waals surface area contributed by atoms with Crippen LogP contribution in [0, 0.1) is 0 Å². The van der Waals surface area contributed by atoms with Crippen molar-refractivity contribution in [2.24, 2.45) is 5.73 Å². The Labute approximate surface area is 190 Å². The molecule has 3 N–H and O–H groups in total. The second-order valence-electron chi connectivity index (χ2n) is 7.34. The smallest absolute Gasteiger partial charge is 0.265 e. The van der Waals surface area contributed by atoms with Crippen molar-refractivity contribution in [2.45, 2.75) is 6.42 Å². The molecular formula is C24H25N3O4S. The van der Waals surface area contributed by atoms with E-state index in [1.54, 1.807) is 24.3 Å². The molecule has 2 amide bonds. The highest BCUT2D eigenvalue weighted by Gasteiger charge is 2.22. The third kappa shape index (κ3) is 5.46. The number of carbonyl (C=O) groups excluding carboxylic acids is 2. The predicted octanol–water partition coefficient (Wildman–Crippen LogP) is 3.76. The molecule has 1 aromatic heterocycles. The number of nitrogens with one attached hydrogen (secondary N) is 1. The summed E-state index contributed by atoms with van der Waals surface area (Å²) in [5.74, 6) is 0.0478. The van der Waals surface area contributed by atoms with Crippen LogP contribution >= 0.6 is 11.3 Å². The molecule has 1 aliphatic rings. The zero-order valence-corrected chi connectivity index (χ0v) is 18.4. The number of hydrogen-bond acceptors (Lipinski definition) is 6. The standard InChI is InChI=1S/C24H25N3O4S/c25-22(28)10-13-31-19-8-6-18(7-9-19)26-23(29)21-16-20(17-4-2-1-3-5-17)24(32-21)27-11-14-30-15-12-27/h1-9,16H,10-15H2,(H2,25,28)(H,26,29). The van der Waals surface area contributed by atoms with Crippen LogP contribution in [-0.4, -0.2) is 44.7 Å². The summed E-state index contributed by atoms with van der Waals surface area (Å²) in [6.45, 7) is 3.20. The van der Waals surface area contributed by atoms with Gasteiger partial charge in [-0.15, -0.1) is 11.3 Å². The zero-order valence-electron chi connectivity index (χ0n) is 17.6. The third-order valence-corrected chi connectivity index (χ3v) is 6.24. The fraction of sp³-hybridized carbons (Fsp3) is 0.250. The molecule has 0 saturated carbocycles. The van der Waals surface area contributed by atoms with Crippen molar-refractivity contribution in [3.05, 3.63) is 65.5 Å². The number of nitrogens with two attached hydrogens (primary N) is 1. The van der Waals surface area contributed by atoms with E-state index in [0.29, 0.717) is 29.5 Å². The van der Waals surface area contributed by atoms with E-state index in [1.807, 2.05) is 24.3 Å². The maximum absolute atomic E-state index is 13.0. The van der Waals surface area contributed by atoms with Crippen LogP contribution in [0.2, 0.25) is 0 Å². The number of carbonyl (C=O) groups is 2. The number of hydrogen-bond donors (Lipinski definition) is 2. The average Bonchev–Trinajstić information content (AvgIpc) is 3.27. The minimum atomic E-state index is -0.406. The molecule has 1 aliphatic heterocycles. The summed E-state index contributed by atoms with van der Waals surface area (Å²) in [4.78, 5) is 26.7. The number of nitrogens with zero attached hydrogens (tertiary/aromatic N) is 1. The normalized spacial score (nSPS) is 13.6. The Hall–Kier alpha value is -3.36. The van der Waals surface area contributed by atoms with Crippen molar-refractivity contribution < 1.29 is 19.1 Å². The van der Waals surface area contributed by atoms with Crippen molar-refractivity contribution in [1.82, 2.24) is 0 Å². The van der Waals surface area contributed by atoms with E-state index < -0.39 is 5.91 Å². The van der Waals surface area contributed by atoms with Gasteiger partial charge in [0.25, 0.3) is 5.91 Å². The molecule has 0 spiro atoms. The summed E-state index contributed by atoms with van der Waals surface area (Å²) >= 11 is 1.50. The topological polar surface area (TPSA) is 93.9 Å². The highest BCUT2D eigenvalue weighted by Crippen LogP contribution is 2.39. The summed E-state index contributed by atoms with van der Waals surface area (Å²) in [6.07, 6.45) is 0.159. The fourth-order valence-corrected chi connectivity index (χ4v) is 4.54. The Morgan fingerprint density at radius 2 is 1.78 bits per heavy atom. The average molecular weight is 452 g/mol. The Balaban J connectivity index is 1.49. The van der Waals surface area contributed by atoms with Crippen molar-refractivity contribution in [2.75, 3.05) is 43.1 Å². The quantitative estimate of drug-likeness (QED) is 0.544. The molecule has 1 fully saturated rings. The van der Waals surface area contributed by atoms with Gasteiger partial charge in [-0.25, -0.2) is 0 Å². The lowest BCUT2D eigenvalue weighted by atomic mass is 10.1. The van der Waals surface area contributed by atoms with E-state index in [-0.39, 0.29) is 18.9 Å². The highest BCUT2D eigenvalue weighted by molar-refractivity contribution is 7.18. The van der Waals surface area contributed by atoms with E-state index in [2.05, 4.69) is 22.3 Å². The number of amides is 2. The van der Waals surface area contributed by atoms with Crippen LogP contribution in [0.4, 0.5) is 10.7 Å². The maximum Gasteiger partial charge on any atom is 0.265 e. The number of morpholine rings is 1. The van der Waals surface area contributed by atoms with Gasteiger partial charge in [-0.05, 0) is 35.9 Å². The molecule has 0 bridgehead atoms. The summed E-state index contributed by atoms with van der Waals surface area (Å²) in [5.41, 5.74) is 7.92. The maximum atomic E-state index is 13.0. The molecule has 7 nitrogen and oxygen atoms in total. The molecule has 1 saturated heterocycles. The molecule has 0 aliphatic carbocycles. The molecule has 32 heavy (non-hydrogen) atoms. The number of ether oxygens (including phenoxy) is 2. The second-order valence-corrected chi connectivity index (χ2v) is 8.37. The molecule has 4 rings (SSSR count). The minimum Gasteiger partial charge on any atom is -0.493 e. The van der Waals surface area contributed by atoms with Gasteiger partial charge in [-0.3, -0.25) is 9.59 Å². The Morgan fingerprint density at radius 1 is 1.06 bits per heavy atom. The van der Waals surface area contributed by atoms with Gasteiger partial charge in [0, 0.05) is 24.3 Å². The first kappa shape index (κ1) is 21.9. The van der Waals surface area contributed by atoms with Crippen molar-refractivity contribution in [3.63, 3.8) is 0 Å². The van der Waals surface area contributed by atoms with Crippen LogP contribution in [0.5, 0.6) is 5.75 Å². The number of rotatable bonds is 8. The van der Waals surface area contributed by atoms with Crippen LogP contribution in [-0.2, 0) is 9.53 Å². The van der Waals surface area contributed by atoms with Crippen LogP contribution in [0.1, 0.15) is 16.1 Å². The Bertz CT molecular complexity index is 1060. The molecule has 8 heteroatoms. The van der Waals surface area contributed by atoms with Crippen molar-refractivity contribution >= 4 is 33.8 Å². The first-order valence-electron chi connectivity index (χ1n) is 10.4. The van der Waals surface area contributed by atoms with Crippen LogP contribution < -0.4 is 20.7 Å². The monoisotopic (exact) mass is 451 g/mol. The molecular weight excluding hydrogens is 426 g/mol. The first-order valence-corrected chi connectivity index (χ1v) is 11.3. The number of anilines is 2. The van der Waals surface area contributed by atoms with Gasteiger partial charge < -0.3 is 25.4 Å². The number of thiophene rings is 1. The molecule has 0 unspecified atom stereocenters. The van der Waals surface area contributed by atoms with Gasteiger partial charge in [-0.1, -0.05) is 30.3 Å². The summed E-state index contributed by atoms with van der Waals surface area (Å²) < 4.78 is 11.0. The van der Waals surface area contributed by atoms with Gasteiger partial charge in [0.15, 0.2) is 0 Å². The Kier molecular flexibility index (Phi) is 7.03. The van der Waals surface area contributed by atoms with E-state index in [9.17, 15) is 9.59 Å². The summed E-state index contributed by atoms with van der Waals surface area (Å²) in [6, 6.07) is 19.1. The van der Waals surface area contributed by atoms with Crippen LogP contribution in [0.3, 0.4) is 0 Å². The molecule has 0 atom stereocenters. The van der Waals surface area contributed by atoms with Gasteiger partial charge in [-0.2, -0.15) is 0 Å². The van der Waals surface area contributed by atoms with E-state index in [1.165, 1.54) is 11.3 Å². The largest absolute Gasteiger partial charge is 0.493 e. The van der Waals surface area contributed by atoms with Gasteiger partial charge >= 0.3 is 0 Å². The number of benzene rings is 2. The van der Waals surface area contributed by atoms with E-state index in [0.717, 1.165) is 29.2 Å². The lowest BCUT2D eigenvalue weighted by Gasteiger charge is -2.28. The third-order valence-electron chi connectivity index (χ3n) is 5.05. The number of primary amides is 1. The highest BCUT2D eigenvalue weighted by atomic mass is 32.1. The molecule has 2 aromatic carbocycles. The van der Waals surface area contributed by atoms with E-state index in [4.69, 9.17) is 15.2 Å². The SMILES string of the molecule is NC(=O)CCOc1ccc(NC(=O)c2cc(-c3ccccc3)c(N3CCOCC3)s2)cc1. The van der Waals surface area contributed by atoms with Gasteiger partial charge in [0.1, 0.15) is 5.75 Å². The molecule has 166 valence electrons.